The fraction of sp³-hybridized carbons (Fsp3) is 0.562. The minimum absolute atomic E-state index is 0.0450. The highest BCUT2D eigenvalue weighted by Crippen LogP contribution is 2.41. The van der Waals surface area contributed by atoms with E-state index in [1.54, 1.807) is 0 Å². The topological polar surface area (TPSA) is 55.8 Å². The van der Waals surface area contributed by atoms with E-state index in [4.69, 9.17) is 4.74 Å². The Labute approximate surface area is 119 Å². The van der Waals surface area contributed by atoms with Crippen molar-refractivity contribution in [3.63, 3.8) is 0 Å². The Morgan fingerprint density at radius 1 is 1.30 bits per heavy atom. The second-order valence-electron chi connectivity index (χ2n) is 5.42. The van der Waals surface area contributed by atoms with Gasteiger partial charge >= 0.3 is 5.97 Å². The molecule has 0 spiro atoms. The lowest BCUT2D eigenvalue weighted by molar-refractivity contribution is -0.141. The highest BCUT2D eigenvalue weighted by atomic mass is 16.5. The van der Waals surface area contributed by atoms with Crippen LogP contribution in [0, 0.1) is 20.8 Å². The SMILES string of the molecule is COC(=O)CCC1CCc2c(C)c(O)c(C)c(C)c2O1. The molecule has 1 N–H and O–H groups in total. The fourth-order valence-corrected chi connectivity index (χ4v) is 2.74. The standard InChI is InChI=1S/C16H22O4/c1-9-10(2)16-13(11(3)15(9)18)7-5-12(20-16)6-8-14(17)19-4/h12,18H,5-8H2,1-4H3. The van der Waals surface area contributed by atoms with Crippen LogP contribution in [0.1, 0.15) is 41.5 Å². The summed E-state index contributed by atoms with van der Waals surface area (Å²) in [6.45, 7) is 5.80. The molecule has 1 aromatic carbocycles. The van der Waals surface area contributed by atoms with Gasteiger partial charge in [-0.2, -0.15) is 0 Å². The number of fused-ring (bicyclic) bond motifs is 1. The summed E-state index contributed by atoms with van der Waals surface area (Å²) < 4.78 is 10.7. The number of carbonyl (C=O) groups excluding carboxylic acids is 1. The smallest absolute Gasteiger partial charge is 0.305 e. The molecule has 0 bridgehead atoms. The van der Waals surface area contributed by atoms with Crippen molar-refractivity contribution in [3.8, 4) is 11.5 Å². The van der Waals surface area contributed by atoms with Gasteiger partial charge in [0.15, 0.2) is 0 Å². The molecule has 1 atom stereocenters. The molecule has 1 unspecified atom stereocenters. The lowest BCUT2D eigenvalue weighted by Gasteiger charge is -2.29. The Morgan fingerprint density at radius 2 is 2.00 bits per heavy atom. The monoisotopic (exact) mass is 278 g/mol. The van der Waals surface area contributed by atoms with Gasteiger partial charge in [-0.15, -0.1) is 0 Å². The molecule has 0 radical (unpaired) electrons. The first-order valence-electron chi connectivity index (χ1n) is 7.00. The summed E-state index contributed by atoms with van der Waals surface area (Å²) >= 11 is 0. The Hall–Kier alpha value is -1.71. The Bertz CT molecular complexity index is 534. The lowest BCUT2D eigenvalue weighted by atomic mass is 9.91. The molecule has 1 aliphatic rings. The number of hydrogen-bond acceptors (Lipinski definition) is 4. The summed E-state index contributed by atoms with van der Waals surface area (Å²) in [5.74, 6) is 1.06. The van der Waals surface area contributed by atoms with Crippen molar-refractivity contribution in [1.29, 1.82) is 0 Å². The van der Waals surface area contributed by atoms with Crippen LogP contribution in [-0.4, -0.2) is 24.3 Å². The molecular formula is C16H22O4. The van der Waals surface area contributed by atoms with Gasteiger partial charge in [0.05, 0.1) is 13.2 Å². The molecule has 1 aliphatic heterocycles. The van der Waals surface area contributed by atoms with Crippen LogP contribution in [-0.2, 0) is 16.0 Å². The number of aromatic hydroxyl groups is 1. The third-order valence-corrected chi connectivity index (χ3v) is 4.24. The summed E-state index contributed by atoms with van der Waals surface area (Å²) in [4.78, 5) is 11.2. The predicted octanol–water partition coefficient (Wildman–Crippen LogP) is 2.96. The third kappa shape index (κ3) is 2.60. The van der Waals surface area contributed by atoms with Gasteiger partial charge in [0, 0.05) is 12.0 Å². The average molecular weight is 278 g/mol. The molecule has 1 aromatic rings. The van der Waals surface area contributed by atoms with E-state index in [0.717, 1.165) is 40.8 Å². The van der Waals surface area contributed by atoms with Crippen molar-refractivity contribution >= 4 is 5.97 Å². The van der Waals surface area contributed by atoms with E-state index < -0.39 is 0 Å². The molecule has 0 aliphatic carbocycles. The van der Waals surface area contributed by atoms with Crippen molar-refractivity contribution in [2.75, 3.05) is 7.11 Å². The summed E-state index contributed by atoms with van der Waals surface area (Å²) in [5, 5.41) is 10.1. The first kappa shape index (κ1) is 14.7. The van der Waals surface area contributed by atoms with Crippen molar-refractivity contribution in [2.24, 2.45) is 0 Å². The molecule has 1 heterocycles. The Balaban J connectivity index is 2.20. The van der Waals surface area contributed by atoms with Crippen LogP contribution in [0.2, 0.25) is 0 Å². The normalized spacial score (nSPS) is 17.3. The minimum Gasteiger partial charge on any atom is -0.507 e. The van der Waals surface area contributed by atoms with Gasteiger partial charge in [0.25, 0.3) is 0 Å². The molecule has 0 fully saturated rings. The number of carbonyl (C=O) groups is 1. The summed E-state index contributed by atoms with van der Waals surface area (Å²) in [6, 6.07) is 0. The van der Waals surface area contributed by atoms with Crippen LogP contribution in [0.25, 0.3) is 0 Å². The third-order valence-electron chi connectivity index (χ3n) is 4.24. The van der Waals surface area contributed by atoms with E-state index in [9.17, 15) is 9.90 Å². The number of phenolic OH excluding ortho intramolecular Hbond substituents is 1. The molecule has 20 heavy (non-hydrogen) atoms. The molecule has 0 saturated carbocycles. The second-order valence-corrected chi connectivity index (χ2v) is 5.42. The van der Waals surface area contributed by atoms with Gasteiger partial charge < -0.3 is 14.6 Å². The van der Waals surface area contributed by atoms with Crippen LogP contribution in [0.4, 0.5) is 0 Å². The quantitative estimate of drug-likeness (QED) is 0.864. The van der Waals surface area contributed by atoms with Crippen molar-refractivity contribution < 1.29 is 19.4 Å². The molecular weight excluding hydrogens is 256 g/mol. The van der Waals surface area contributed by atoms with Crippen molar-refractivity contribution in [1.82, 2.24) is 0 Å². The van der Waals surface area contributed by atoms with Crippen molar-refractivity contribution in [3.05, 3.63) is 22.3 Å². The zero-order valence-electron chi connectivity index (χ0n) is 12.6. The van der Waals surface area contributed by atoms with Gasteiger partial charge in [-0.1, -0.05) is 0 Å². The summed E-state index contributed by atoms with van der Waals surface area (Å²) in [6.07, 6.45) is 2.84. The molecule has 4 heteroatoms. The fourth-order valence-electron chi connectivity index (χ4n) is 2.74. The molecule has 110 valence electrons. The number of phenols is 1. The van der Waals surface area contributed by atoms with E-state index in [1.165, 1.54) is 7.11 Å². The zero-order chi connectivity index (χ0) is 14.9. The highest BCUT2D eigenvalue weighted by Gasteiger charge is 2.26. The Morgan fingerprint density at radius 3 is 2.65 bits per heavy atom. The number of esters is 1. The highest BCUT2D eigenvalue weighted by molar-refractivity contribution is 5.69. The number of rotatable bonds is 3. The lowest BCUT2D eigenvalue weighted by Crippen LogP contribution is -2.25. The maximum absolute atomic E-state index is 11.2. The summed E-state index contributed by atoms with van der Waals surface area (Å²) in [7, 11) is 1.40. The molecule has 0 amide bonds. The van der Waals surface area contributed by atoms with Crippen LogP contribution in [0.3, 0.4) is 0 Å². The van der Waals surface area contributed by atoms with Crippen LogP contribution in [0.5, 0.6) is 11.5 Å². The van der Waals surface area contributed by atoms with Gasteiger partial charge in [-0.05, 0) is 56.7 Å². The minimum atomic E-state index is -0.200. The first-order chi connectivity index (χ1) is 9.45. The zero-order valence-corrected chi connectivity index (χ0v) is 12.6. The van der Waals surface area contributed by atoms with Crippen LogP contribution >= 0.6 is 0 Å². The van der Waals surface area contributed by atoms with E-state index in [1.807, 2.05) is 20.8 Å². The summed E-state index contributed by atoms with van der Waals surface area (Å²) in [5.41, 5.74) is 3.87. The number of hydrogen-bond donors (Lipinski definition) is 1. The second kappa shape index (κ2) is 5.73. The van der Waals surface area contributed by atoms with Crippen LogP contribution < -0.4 is 4.74 Å². The van der Waals surface area contributed by atoms with Crippen molar-refractivity contribution in [2.45, 2.75) is 52.6 Å². The number of methoxy groups -OCH3 is 1. The van der Waals surface area contributed by atoms with Gasteiger partial charge in [0.1, 0.15) is 11.5 Å². The van der Waals surface area contributed by atoms with Crippen LogP contribution in [0.15, 0.2) is 0 Å². The van der Waals surface area contributed by atoms with E-state index >= 15 is 0 Å². The molecule has 2 rings (SSSR count). The van der Waals surface area contributed by atoms with E-state index in [0.29, 0.717) is 18.6 Å². The molecule has 0 saturated heterocycles. The van der Waals surface area contributed by atoms with Gasteiger partial charge in [-0.3, -0.25) is 4.79 Å². The average Bonchev–Trinajstić information content (AvgIpc) is 2.48. The predicted molar refractivity (Wildman–Crippen MR) is 76.3 cm³/mol. The van der Waals surface area contributed by atoms with Gasteiger partial charge in [-0.25, -0.2) is 0 Å². The molecule has 4 nitrogen and oxygen atoms in total. The van der Waals surface area contributed by atoms with Gasteiger partial charge in [0.2, 0.25) is 0 Å². The molecule has 0 aromatic heterocycles. The van der Waals surface area contributed by atoms with E-state index in [2.05, 4.69) is 4.74 Å². The Kier molecular flexibility index (Phi) is 4.21. The van der Waals surface area contributed by atoms with E-state index in [-0.39, 0.29) is 12.1 Å². The number of ether oxygens (including phenoxy) is 2. The maximum atomic E-state index is 11.2. The largest absolute Gasteiger partial charge is 0.507 e. The number of benzene rings is 1. The maximum Gasteiger partial charge on any atom is 0.305 e. The first-order valence-corrected chi connectivity index (χ1v) is 7.00.